The van der Waals surface area contributed by atoms with E-state index in [4.69, 9.17) is 30.5 Å². The first-order chi connectivity index (χ1) is 10.8. The van der Waals surface area contributed by atoms with Crippen molar-refractivity contribution in [2.75, 3.05) is 24.2 Å². The minimum Gasteiger partial charge on any atom is -0.473 e. The Hall–Kier alpha value is -2.35. The van der Waals surface area contributed by atoms with Crippen LogP contribution in [0.25, 0.3) is 10.9 Å². The van der Waals surface area contributed by atoms with Crippen molar-refractivity contribution in [3.05, 3.63) is 28.2 Å². The lowest BCUT2D eigenvalue weighted by atomic mass is 10.0. The molecule has 3 rings (SSSR count). The van der Waals surface area contributed by atoms with Gasteiger partial charge < -0.3 is 20.8 Å². The van der Waals surface area contributed by atoms with Crippen LogP contribution in [0.2, 0.25) is 0 Å². The lowest BCUT2D eigenvalue weighted by molar-refractivity contribution is -0.159. The second kappa shape index (κ2) is 6.82. The molecule has 0 aliphatic carbocycles. The standard InChI is InChI=1S/C13H14BrN3.C2H2O4/c1-17-6-2-3-9-12(15)10-7-8(14)4-5-11(10)16-13(9)17;3-1(4)2(5)6/h4-5,7H,2-3,6H2,1H3,(H2,15,16);(H,3,4)(H,5,6). The fraction of sp³-hybridized carbons (Fsp3) is 0.267. The van der Waals surface area contributed by atoms with Gasteiger partial charge in [-0.3, -0.25) is 0 Å². The van der Waals surface area contributed by atoms with Crippen LogP contribution < -0.4 is 10.6 Å². The van der Waals surface area contributed by atoms with E-state index in [-0.39, 0.29) is 0 Å². The van der Waals surface area contributed by atoms with Crippen molar-refractivity contribution < 1.29 is 19.8 Å². The number of rotatable bonds is 0. The number of hydrogen-bond donors (Lipinski definition) is 3. The number of nitrogens with zero attached hydrogens (tertiary/aromatic N) is 2. The van der Waals surface area contributed by atoms with E-state index < -0.39 is 11.9 Å². The minimum absolute atomic E-state index is 0.887. The zero-order valence-corrected chi connectivity index (χ0v) is 14.0. The van der Waals surface area contributed by atoms with Gasteiger partial charge in [0.05, 0.1) is 5.52 Å². The number of aromatic nitrogens is 1. The fourth-order valence-electron chi connectivity index (χ4n) is 2.45. The van der Waals surface area contributed by atoms with Crippen molar-refractivity contribution in [3.8, 4) is 0 Å². The number of anilines is 2. The summed E-state index contributed by atoms with van der Waals surface area (Å²) in [7, 11) is 2.08. The quantitative estimate of drug-likeness (QED) is 0.598. The van der Waals surface area contributed by atoms with Gasteiger partial charge in [-0.05, 0) is 31.0 Å². The summed E-state index contributed by atoms with van der Waals surface area (Å²) in [5.74, 6) is -2.60. The first-order valence-electron chi connectivity index (χ1n) is 6.86. The highest BCUT2D eigenvalue weighted by Gasteiger charge is 2.19. The number of carboxylic acid groups (broad SMARTS) is 2. The minimum atomic E-state index is -1.82. The summed E-state index contributed by atoms with van der Waals surface area (Å²) in [5.41, 5.74) is 9.34. The zero-order chi connectivity index (χ0) is 17.1. The molecule has 0 bridgehead atoms. The summed E-state index contributed by atoms with van der Waals surface area (Å²) >= 11 is 3.48. The average Bonchev–Trinajstić information content (AvgIpc) is 2.50. The number of carbonyl (C=O) groups is 2. The summed E-state index contributed by atoms with van der Waals surface area (Å²) in [6, 6.07) is 6.06. The molecule has 0 atom stereocenters. The van der Waals surface area contributed by atoms with E-state index in [1.165, 1.54) is 5.56 Å². The van der Waals surface area contributed by atoms with E-state index in [2.05, 4.69) is 27.9 Å². The molecule has 0 fully saturated rings. The van der Waals surface area contributed by atoms with Gasteiger partial charge in [0.25, 0.3) is 0 Å². The number of aliphatic carboxylic acids is 2. The maximum Gasteiger partial charge on any atom is 0.414 e. The zero-order valence-electron chi connectivity index (χ0n) is 12.4. The Morgan fingerprint density at radius 1 is 1.30 bits per heavy atom. The Labute approximate surface area is 140 Å². The lowest BCUT2D eigenvalue weighted by Gasteiger charge is -2.27. The van der Waals surface area contributed by atoms with Crippen LogP contribution in [-0.4, -0.2) is 40.7 Å². The molecule has 0 saturated heterocycles. The highest BCUT2D eigenvalue weighted by Crippen LogP contribution is 2.35. The second-order valence-electron chi connectivity index (χ2n) is 5.12. The second-order valence-corrected chi connectivity index (χ2v) is 6.04. The SMILES string of the molecule is CN1CCCc2c1nc1ccc(Br)cc1c2N.O=C(O)C(=O)O. The third kappa shape index (κ3) is 3.70. The normalized spacial score (nSPS) is 13.0. The number of halogens is 1. The van der Waals surface area contributed by atoms with E-state index in [1.807, 2.05) is 18.2 Å². The molecule has 2 heterocycles. The fourth-order valence-corrected chi connectivity index (χ4v) is 2.81. The Kier molecular flexibility index (Phi) is 5.05. The third-order valence-electron chi connectivity index (χ3n) is 3.53. The van der Waals surface area contributed by atoms with E-state index in [0.717, 1.165) is 46.3 Å². The molecule has 0 radical (unpaired) electrons. The number of carboxylic acids is 2. The highest BCUT2D eigenvalue weighted by atomic mass is 79.9. The van der Waals surface area contributed by atoms with Crippen LogP contribution in [0.1, 0.15) is 12.0 Å². The number of fused-ring (bicyclic) bond motifs is 2. The van der Waals surface area contributed by atoms with Crippen molar-refractivity contribution in [2.45, 2.75) is 12.8 Å². The molecule has 7 nitrogen and oxygen atoms in total. The number of benzene rings is 1. The summed E-state index contributed by atoms with van der Waals surface area (Å²) in [5, 5.41) is 15.8. The molecule has 8 heteroatoms. The molecular weight excluding hydrogens is 366 g/mol. The third-order valence-corrected chi connectivity index (χ3v) is 4.03. The first kappa shape index (κ1) is 17.0. The maximum absolute atomic E-state index is 9.10. The summed E-state index contributed by atoms with van der Waals surface area (Å²) < 4.78 is 1.04. The molecule has 4 N–H and O–H groups in total. The predicted octanol–water partition coefficient (Wildman–Crippen LogP) is 2.12. The summed E-state index contributed by atoms with van der Waals surface area (Å²) in [6.07, 6.45) is 2.18. The molecule has 23 heavy (non-hydrogen) atoms. The van der Waals surface area contributed by atoms with E-state index in [1.54, 1.807) is 0 Å². The van der Waals surface area contributed by atoms with Crippen LogP contribution in [-0.2, 0) is 16.0 Å². The molecule has 0 saturated carbocycles. The molecule has 1 aromatic carbocycles. The highest BCUT2D eigenvalue weighted by molar-refractivity contribution is 9.10. The van der Waals surface area contributed by atoms with Gasteiger partial charge >= 0.3 is 11.9 Å². The largest absolute Gasteiger partial charge is 0.473 e. The van der Waals surface area contributed by atoms with E-state index >= 15 is 0 Å². The van der Waals surface area contributed by atoms with Crippen LogP contribution in [0.4, 0.5) is 11.5 Å². The summed E-state index contributed by atoms with van der Waals surface area (Å²) in [6.45, 7) is 1.06. The van der Waals surface area contributed by atoms with Gasteiger partial charge in [0.2, 0.25) is 0 Å². The van der Waals surface area contributed by atoms with Crippen LogP contribution in [0.15, 0.2) is 22.7 Å². The molecule has 0 spiro atoms. The van der Waals surface area contributed by atoms with Gasteiger partial charge in [0, 0.05) is 34.7 Å². The number of pyridine rings is 1. The monoisotopic (exact) mass is 381 g/mol. The number of nitrogen functional groups attached to an aromatic ring is 1. The van der Waals surface area contributed by atoms with Crippen molar-refractivity contribution in [1.82, 2.24) is 4.98 Å². The van der Waals surface area contributed by atoms with E-state index in [9.17, 15) is 0 Å². The number of nitrogens with two attached hydrogens (primary N) is 1. The van der Waals surface area contributed by atoms with Gasteiger partial charge in [0.1, 0.15) is 5.82 Å². The van der Waals surface area contributed by atoms with Gasteiger partial charge in [-0.1, -0.05) is 15.9 Å². The van der Waals surface area contributed by atoms with E-state index in [0.29, 0.717) is 0 Å². The molecular formula is C15H16BrN3O4. The van der Waals surface area contributed by atoms with Gasteiger partial charge in [-0.15, -0.1) is 0 Å². The predicted molar refractivity (Wildman–Crippen MR) is 90.7 cm³/mol. The van der Waals surface area contributed by atoms with Crippen molar-refractivity contribution in [1.29, 1.82) is 0 Å². The van der Waals surface area contributed by atoms with Crippen molar-refractivity contribution in [3.63, 3.8) is 0 Å². The molecule has 0 unspecified atom stereocenters. The Morgan fingerprint density at radius 3 is 2.57 bits per heavy atom. The topological polar surface area (TPSA) is 117 Å². The number of hydrogen-bond acceptors (Lipinski definition) is 5. The molecule has 1 aromatic heterocycles. The molecule has 122 valence electrons. The van der Waals surface area contributed by atoms with Crippen LogP contribution in [0.3, 0.4) is 0 Å². The first-order valence-corrected chi connectivity index (χ1v) is 7.65. The van der Waals surface area contributed by atoms with Crippen molar-refractivity contribution in [2.24, 2.45) is 0 Å². The molecule has 2 aromatic rings. The van der Waals surface area contributed by atoms with Crippen molar-refractivity contribution >= 4 is 50.3 Å². The molecule has 0 amide bonds. The smallest absolute Gasteiger partial charge is 0.414 e. The Balaban J connectivity index is 0.000000277. The van der Waals surface area contributed by atoms with Gasteiger partial charge in [-0.25, -0.2) is 14.6 Å². The van der Waals surface area contributed by atoms with Gasteiger partial charge in [0.15, 0.2) is 0 Å². The molecule has 1 aliphatic rings. The van der Waals surface area contributed by atoms with Gasteiger partial charge in [-0.2, -0.15) is 0 Å². The Morgan fingerprint density at radius 2 is 1.96 bits per heavy atom. The maximum atomic E-state index is 9.10. The Bertz CT molecular complexity index is 767. The van der Waals surface area contributed by atoms with Crippen LogP contribution in [0.5, 0.6) is 0 Å². The van der Waals surface area contributed by atoms with Crippen LogP contribution in [0, 0.1) is 0 Å². The summed E-state index contributed by atoms with van der Waals surface area (Å²) in [4.78, 5) is 25.1. The average molecular weight is 382 g/mol. The lowest BCUT2D eigenvalue weighted by Crippen LogP contribution is -2.26. The molecule has 1 aliphatic heterocycles. The van der Waals surface area contributed by atoms with Crippen LogP contribution >= 0.6 is 15.9 Å².